The van der Waals surface area contributed by atoms with Crippen LogP contribution in [0.1, 0.15) is 12.7 Å². The van der Waals surface area contributed by atoms with Crippen LogP contribution in [0.5, 0.6) is 0 Å². The maximum atomic E-state index is 4.93. The van der Waals surface area contributed by atoms with E-state index < -0.39 is 0 Å². The van der Waals surface area contributed by atoms with Crippen molar-refractivity contribution >= 4 is 12.2 Å². The molecule has 0 bridgehead atoms. The van der Waals surface area contributed by atoms with Gasteiger partial charge in [-0.25, -0.2) is 5.10 Å². The van der Waals surface area contributed by atoms with E-state index in [1.807, 2.05) is 6.92 Å². The van der Waals surface area contributed by atoms with Crippen LogP contribution in [0.25, 0.3) is 0 Å². The van der Waals surface area contributed by atoms with E-state index in [2.05, 4.69) is 10.2 Å². The van der Waals surface area contributed by atoms with Gasteiger partial charge in [-0.2, -0.15) is 5.10 Å². The van der Waals surface area contributed by atoms with Crippen molar-refractivity contribution in [2.75, 3.05) is 7.11 Å². The lowest BCUT2D eigenvalue weighted by Crippen LogP contribution is -2.09. The second kappa shape index (κ2) is 2.83. The number of hydrogen-bond acceptors (Lipinski definition) is 3. The largest absolute Gasteiger partial charge is 0.413 e. The SMILES string of the molecule is CCc1n[nH]c(=S)n1OC. The summed E-state index contributed by atoms with van der Waals surface area (Å²) in [5.41, 5.74) is 0. The number of hydrogen-bond donors (Lipinski definition) is 1. The van der Waals surface area contributed by atoms with Crippen molar-refractivity contribution in [2.45, 2.75) is 13.3 Å². The van der Waals surface area contributed by atoms with Crippen molar-refractivity contribution < 1.29 is 4.84 Å². The molecular formula is C5H9N3OS. The molecule has 5 heteroatoms. The lowest BCUT2D eigenvalue weighted by molar-refractivity contribution is 0.154. The Hall–Kier alpha value is -0.840. The molecule has 1 heterocycles. The van der Waals surface area contributed by atoms with Gasteiger partial charge in [0.05, 0.1) is 0 Å². The second-order valence-electron chi connectivity index (χ2n) is 1.78. The van der Waals surface area contributed by atoms with Crippen LogP contribution >= 0.6 is 12.2 Å². The number of rotatable bonds is 2. The predicted molar refractivity (Wildman–Crippen MR) is 39.3 cm³/mol. The quantitative estimate of drug-likeness (QED) is 0.641. The second-order valence-corrected chi connectivity index (χ2v) is 2.16. The molecule has 1 rings (SSSR count). The summed E-state index contributed by atoms with van der Waals surface area (Å²) < 4.78 is 1.99. The monoisotopic (exact) mass is 159 g/mol. The molecule has 0 aliphatic carbocycles. The van der Waals surface area contributed by atoms with Gasteiger partial charge in [0, 0.05) is 6.42 Å². The standard InChI is InChI=1S/C5H9N3OS/c1-3-4-6-7-5(10)8(4)9-2/h3H2,1-2H3,(H,7,10). The summed E-state index contributed by atoms with van der Waals surface area (Å²) in [5, 5.41) is 6.56. The van der Waals surface area contributed by atoms with Crippen LogP contribution in [0.3, 0.4) is 0 Å². The molecule has 10 heavy (non-hydrogen) atoms. The molecule has 0 amide bonds. The van der Waals surface area contributed by atoms with Crippen molar-refractivity contribution in [3.63, 3.8) is 0 Å². The Labute approximate surface area is 63.8 Å². The Morgan fingerprint density at radius 1 is 1.80 bits per heavy atom. The maximum Gasteiger partial charge on any atom is 0.230 e. The van der Waals surface area contributed by atoms with Crippen molar-refractivity contribution in [2.24, 2.45) is 0 Å². The van der Waals surface area contributed by atoms with Crippen LogP contribution in [0.15, 0.2) is 0 Å². The third-order valence-electron chi connectivity index (χ3n) is 1.20. The van der Waals surface area contributed by atoms with Gasteiger partial charge < -0.3 is 4.84 Å². The first-order valence-electron chi connectivity index (χ1n) is 3.00. The van der Waals surface area contributed by atoms with E-state index in [1.54, 1.807) is 7.11 Å². The fourth-order valence-electron chi connectivity index (χ4n) is 0.731. The van der Waals surface area contributed by atoms with Crippen LogP contribution in [0.4, 0.5) is 0 Å². The number of H-pyrrole nitrogens is 1. The normalized spacial score (nSPS) is 9.80. The molecule has 0 saturated heterocycles. The van der Waals surface area contributed by atoms with Crippen LogP contribution < -0.4 is 4.84 Å². The van der Waals surface area contributed by atoms with E-state index in [9.17, 15) is 0 Å². The zero-order valence-corrected chi connectivity index (χ0v) is 6.73. The van der Waals surface area contributed by atoms with Gasteiger partial charge in [-0.05, 0) is 12.2 Å². The Kier molecular flexibility index (Phi) is 2.06. The fourth-order valence-corrected chi connectivity index (χ4v) is 0.957. The molecular weight excluding hydrogens is 150 g/mol. The lowest BCUT2D eigenvalue weighted by atomic mass is 10.5. The maximum absolute atomic E-state index is 4.93. The first-order chi connectivity index (χ1) is 4.79. The first-order valence-corrected chi connectivity index (χ1v) is 3.41. The highest BCUT2D eigenvalue weighted by Gasteiger charge is 2.00. The summed E-state index contributed by atoms with van der Waals surface area (Å²) >= 11 is 4.86. The molecule has 0 spiro atoms. The summed E-state index contributed by atoms with van der Waals surface area (Å²) in [6, 6.07) is 0. The van der Waals surface area contributed by atoms with E-state index in [1.165, 1.54) is 4.73 Å². The number of nitrogens with zero attached hydrogens (tertiary/aromatic N) is 2. The predicted octanol–water partition coefficient (Wildman–Crippen LogP) is 0.561. The molecule has 0 atom stereocenters. The molecule has 56 valence electrons. The minimum atomic E-state index is 0.499. The molecule has 1 aromatic rings. The van der Waals surface area contributed by atoms with E-state index in [0.717, 1.165) is 12.2 Å². The Morgan fingerprint density at radius 2 is 2.50 bits per heavy atom. The molecule has 0 aliphatic heterocycles. The van der Waals surface area contributed by atoms with Gasteiger partial charge >= 0.3 is 0 Å². The molecule has 0 saturated carbocycles. The molecule has 0 radical (unpaired) electrons. The van der Waals surface area contributed by atoms with Crippen molar-refractivity contribution in [3.05, 3.63) is 10.6 Å². The van der Waals surface area contributed by atoms with Gasteiger partial charge in [0.15, 0.2) is 5.82 Å². The minimum absolute atomic E-state index is 0.499. The number of aromatic amines is 1. The highest BCUT2D eigenvalue weighted by Crippen LogP contribution is 1.93. The van der Waals surface area contributed by atoms with E-state index in [4.69, 9.17) is 17.1 Å². The van der Waals surface area contributed by atoms with Gasteiger partial charge in [-0.15, -0.1) is 4.73 Å². The smallest absolute Gasteiger partial charge is 0.230 e. The Balaban J connectivity index is 3.13. The Bertz CT molecular complexity index is 264. The van der Waals surface area contributed by atoms with Gasteiger partial charge in [0.1, 0.15) is 7.11 Å². The summed E-state index contributed by atoms with van der Waals surface area (Å²) in [7, 11) is 1.56. The van der Waals surface area contributed by atoms with Crippen LogP contribution in [0.2, 0.25) is 0 Å². The van der Waals surface area contributed by atoms with Crippen LogP contribution in [-0.4, -0.2) is 22.0 Å². The van der Waals surface area contributed by atoms with E-state index in [-0.39, 0.29) is 0 Å². The molecule has 1 aromatic heterocycles. The molecule has 1 N–H and O–H groups in total. The lowest BCUT2D eigenvalue weighted by Gasteiger charge is -1.99. The third-order valence-corrected chi connectivity index (χ3v) is 1.46. The molecule has 0 aromatic carbocycles. The molecule has 4 nitrogen and oxygen atoms in total. The average molecular weight is 159 g/mol. The van der Waals surface area contributed by atoms with E-state index >= 15 is 0 Å². The Morgan fingerprint density at radius 3 is 2.90 bits per heavy atom. The summed E-state index contributed by atoms with van der Waals surface area (Å²) in [6.45, 7) is 1.99. The molecule has 0 unspecified atom stereocenters. The van der Waals surface area contributed by atoms with Gasteiger partial charge in [0.2, 0.25) is 4.77 Å². The van der Waals surface area contributed by atoms with Crippen LogP contribution in [-0.2, 0) is 6.42 Å². The molecule has 0 aliphatic rings. The van der Waals surface area contributed by atoms with Gasteiger partial charge in [-0.1, -0.05) is 6.92 Å². The first kappa shape index (κ1) is 7.27. The van der Waals surface area contributed by atoms with Gasteiger partial charge in [-0.3, -0.25) is 0 Å². The summed E-state index contributed by atoms with van der Waals surface area (Å²) in [5.74, 6) is 0.813. The average Bonchev–Trinajstić information content (AvgIpc) is 2.30. The topological polar surface area (TPSA) is 42.8 Å². The van der Waals surface area contributed by atoms with Gasteiger partial charge in [0.25, 0.3) is 0 Å². The highest BCUT2D eigenvalue weighted by atomic mass is 32.1. The number of aryl methyl sites for hydroxylation is 1. The minimum Gasteiger partial charge on any atom is -0.413 e. The van der Waals surface area contributed by atoms with Crippen molar-refractivity contribution in [1.82, 2.24) is 14.9 Å². The van der Waals surface area contributed by atoms with Crippen molar-refractivity contribution in [1.29, 1.82) is 0 Å². The molecule has 0 fully saturated rings. The summed E-state index contributed by atoms with van der Waals surface area (Å²) in [4.78, 5) is 4.93. The third kappa shape index (κ3) is 1.04. The summed E-state index contributed by atoms with van der Waals surface area (Å²) in [6.07, 6.45) is 0.807. The zero-order valence-electron chi connectivity index (χ0n) is 5.92. The number of aromatic nitrogens is 3. The highest BCUT2D eigenvalue weighted by molar-refractivity contribution is 7.71. The zero-order chi connectivity index (χ0) is 7.56. The number of nitrogens with one attached hydrogen (secondary N) is 1. The van der Waals surface area contributed by atoms with Crippen molar-refractivity contribution in [3.8, 4) is 0 Å². The van der Waals surface area contributed by atoms with Crippen LogP contribution in [0, 0.1) is 4.77 Å². The fraction of sp³-hybridized carbons (Fsp3) is 0.600. The van der Waals surface area contributed by atoms with E-state index in [0.29, 0.717) is 4.77 Å².